The van der Waals surface area contributed by atoms with E-state index in [4.69, 9.17) is 10.7 Å². The number of allylic oxidation sites excluding steroid dienone is 4. The Kier molecular flexibility index (Phi) is 7.00. The van der Waals surface area contributed by atoms with Crippen molar-refractivity contribution in [3.05, 3.63) is 65.8 Å². The highest BCUT2D eigenvalue weighted by molar-refractivity contribution is 5.87. The topological polar surface area (TPSA) is 38.4 Å². The van der Waals surface area contributed by atoms with Crippen LogP contribution < -0.4 is 5.73 Å². The summed E-state index contributed by atoms with van der Waals surface area (Å²) in [5.74, 6) is 0. The van der Waals surface area contributed by atoms with Crippen molar-refractivity contribution in [2.45, 2.75) is 46.6 Å². The molecule has 0 saturated carbocycles. The molecule has 0 amide bonds. The monoisotopic (exact) mass is 296 g/mol. The van der Waals surface area contributed by atoms with Gasteiger partial charge in [0.2, 0.25) is 0 Å². The third kappa shape index (κ3) is 5.45. The van der Waals surface area contributed by atoms with Gasteiger partial charge in [-0.05, 0) is 51.8 Å². The normalized spacial score (nSPS) is 16.5. The number of aryl methyl sites for hydroxylation is 1. The van der Waals surface area contributed by atoms with Gasteiger partial charge in [0.15, 0.2) is 0 Å². The molecule has 1 aromatic rings. The van der Waals surface area contributed by atoms with Crippen LogP contribution in [0, 0.1) is 6.92 Å². The van der Waals surface area contributed by atoms with E-state index in [0.29, 0.717) is 0 Å². The fraction of sp³-hybridized carbons (Fsp3) is 0.350. The highest BCUT2D eigenvalue weighted by atomic mass is 14.8. The van der Waals surface area contributed by atoms with E-state index in [1.54, 1.807) is 0 Å². The quantitative estimate of drug-likeness (QED) is 0.433. The molecule has 0 aromatic heterocycles. The minimum absolute atomic E-state index is 0.462. The van der Waals surface area contributed by atoms with Crippen molar-refractivity contribution < 1.29 is 0 Å². The number of para-hydroxylation sites is 1. The summed E-state index contributed by atoms with van der Waals surface area (Å²) in [5, 5.41) is 0. The van der Waals surface area contributed by atoms with Crippen LogP contribution >= 0.6 is 0 Å². The average Bonchev–Trinajstić information content (AvgIpc) is 2.47. The summed E-state index contributed by atoms with van der Waals surface area (Å²) in [6.45, 7) is 10.2. The van der Waals surface area contributed by atoms with E-state index >= 15 is 0 Å². The third-order valence-electron chi connectivity index (χ3n) is 3.66. The first kappa shape index (κ1) is 18.1. The zero-order valence-corrected chi connectivity index (χ0v) is 14.4. The summed E-state index contributed by atoms with van der Waals surface area (Å²) < 4.78 is 0. The molecule has 0 bridgehead atoms. The minimum atomic E-state index is -0.462. The van der Waals surface area contributed by atoms with Gasteiger partial charge in [-0.3, -0.25) is 4.99 Å². The minimum Gasteiger partial charge on any atom is -0.319 e. The number of hydrogen-bond acceptors (Lipinski definition) is 2. The lowest BCUT2D eigenvalue weighted by Crippen LogP contribution is -2.36. The van der Waals surface area contributed by atoms with Crippen molar-refractivity contribution in [1.29, 1.82) is 0 Å². The number of aliphatic imine (C=N–C) groups is 1. The Balaban J connectivity index is 2.93. The molecule has 2 heteroatoms. The van der Waals surface area contributed by atoms with Crippen molar-refractivity contribution in [1.82, 2.24) is 0 Å². The molecule has 2 N–H and O–H groups in total. The molecule has 0 aliphatic carbocycles. The Morgan fingerprint density at radius 2 is 1.91 bits per heavy atom. The lowest BCUT2D eigenvalue weighted by molar-refractivity contribution is 0.672. The number of hydrogen-bond donors (Lipinski definition) is 1. The van der Waals surface area contributed by atoms with Crippen molar-refractivity contribution >= 4 is 11.4 Å². The largest absolute Gasteiger partial charge is 0.319 e. The van der Waals surface area contributed by atoms with Gasteiger partial charge in [-0.1, -0.05) is 48.6 Å². The number of rotatable bonds is 6. The van der Waals surface area contributed by atoms with E-state index in [1.807, 2.05) is 63.3 Å². The Labute approximate surface area is 135 Å². The van der Waals surface area contributed by atoms with Gasteiger partial charge < -0.3 is 5.73 Å². The summed E-state index contributed by atoms with van der Waals surface area (Å²) in [6.07, 6.45) is 10.9. The molecular formula is C20H28N2. The van der Waals surface area contributed by atoms with E-state index in [9.17, 15) is 0 Å². The maximum absolute atomic E-state index is 6.44. The molecular weight excluding hydrogens is 268 g/mol. The molecule has 1 unspecified atom stereocenters. The van der Waals surface area contributed by atoms with Gasteiger partial charge in [0.1, 0.15) is 0 Å². The Bertz CT molecular complexity index is 602. The molecule has 0 radical (unpaired) electrons. The van der Waals surface area contributed by atoms with E-state index in [0.717, 1.165) is 17.8 Å². The summed E-state index contributed by atoms with van der Waals surface area (Å²) >= 11 is 0. The van der Waals surface area contributed by atoms with Crippen LogP contribution in [0.25, 0.3) is 0 Å². The van der Waals surface area contributed by atoms with Crippen LogP contribution in [-0.2, 0) is 0 Å². The standard InChI is InChI=1S/C20H28N2/c1-6-8-11-14-20(5,21)18(7-2)15-17(4)22-19-13-10-9-12-16(19)3/h6-14H,15,21H2,1-5H3/b8-6-,14-11-,18-7-,22-17+. The molecule has 0 spiro atoms. The van der Waals surface area contributed by atoms with Gasteiger partial charge >= 0.3 is 0 Å². The molecule has 0 saturated heterocycles. The lowest BCUT2D eigenvalue weighted by atomic mass is 9.88. The van der Waals surface area contributed by atoms with Gasteiger partial charge in [-0.25, -0.2) is 0 Å². The zero-order valence-electron chi connectivity index (χ0n) is 14.4. The maximum Gasteiger partial charge on any atom is 0.0658 e. The first-order valence-electron chi connectivity index (χ1n) is 7.75. The average molecular weight is 296 g/mol. The fourth-order valence-electron chi connectivity index (χ4n) is 2.29. The highest BCUT2D eigenvalue weighted by Gasteiger charge is 2.20. The van der Waals surface area contributed by atoms with Crippen LogP contribution in [0.4, 0.5) is 5.69 Å². The molecule has 2 nitrogen and oxygen atoms in total. The van der Waals surface area contributed by atoms with Gasteiger partial charge in [0.05, 0.1) is 11.2 Å². The van der Waals surface area contributed by atoms with Crippen molar-refractivity contribution in [2.75, 3.05) is 0 Å². The molecule has 1 atom stereocenters. The highest BCUT2D eigenvalue weighted by Crippen LogP contribution is 2.23. The van der Waals surface area contributed by atoms with Gasteiger partial charge in [-0.15, -0.1) is 0 Å². The van der Waals surface area contributed by atoms with Crippen LogP contribution in [0.3, 0.4) is 0 Å². The van der Waals surface area contributed by atoms with E-state index in [1.165, 1.54) is 11.1 Å². The van der Waals surface area contributed by atoms with Crippen LogP contribution in [-0.4, -0.2) is 11.3 Å². The van der Waals surface area contributed by atoms with Crippen molar-refractivity contribution in [3.8, 4) is 0 Å². The van der Waals surface area contributed by atoms with Crippen LogP contribution in [0.5, 0.6) is 0 Å². The first-order valence-corrected chi connectivity index (χ1v) is 7.75. The third-order valence-corrected chi connectivity index (χ3v) is 3.66. The second kappa shape index (κ2) is 8.50. The van der Waals surface area contributed by atoms with E-state index in [-0.39, 0.29) is 0 Å². The second-order valence-corrected chi connectivity index (χ2v) is 5.79. The number of nitrogens with two attached hydrogens (primary N) is 1. The second-order valence-electron chi connectivity index (χ2n) is 5.79. The Morgan fingerprint density at radius 3 is 2.50 bits per heavy atom. The molecule has 1 rings (SSSR count). The molecule has 0 aliphatic heterocycles. The van der Waals surface area contributed by atoms with E-state index in [2.05, 4.69) is 26.0 Å². The van der Waals surface area contributed by atoms with E-state index < -0.39 is 5.54 Å². The molecule has 0 heterocycles. The maximum atomic E-state index is 6.44. The predicted octanol–water partition coefficient (Wildman–Crippen LogP) is 5.27. The summed E-state index contributed by atoms with van der Waals surface area (Å²) in [5.41, 5.74) is 10.4. The SMILES string of the molecule is C/C=C\C=C/C(C)(N)/C(=C\C)C/C(C)=N/c1ccccc1C. The molecule has 1 aromatic carbocycles. The molecule has 0 aliphatic rings. The lowest BCUT2D eigenvalue weighted by Gasteiger charge is -2.24. The summed E-state index contributed by atoms with van der Waals surface area (Å²) in [4.78, 5) is 4.74. The summed E-state index contributed by atoms with van der Waals surface area (Å²) in [6, 6.07) is 8.17. The first-order chi connectivity index (χ1) is 10.4. The predicted molar refractivity (Wildman–Crippen MR) is 98.9 cm³/mol. The Hall–Kier alpha value is -1.93. The fourth-order valence-corrected chi connectivity index (χ4v) is 2.29. The van der Waals surface area contributed by atoms with Gasteiger partial charge in [0.25, 0.3) is 0 Å². The van der Waals surface area contributed by atoms with Gasteiger partial charge in [-0.2, -0.15) is 0 Å². The smallest absolute Gasteiger partial charge is 0.0658 e. The number of benzene rings is 1. The van der Waals surface area contributed by atoms with Crippen LogP contribution in [0.15, 0.2) is 65.2 Å². The molecule has 0 fully saturated rings. The zero-order chi connectivity index (χ0) is 16.6. The van der Waals surface area contributed by atoms with Crippen molar-refractivity contribution in [2.24, 2.45) is 10.7 Å². The number of nitrogens with zero attached hydrogens (tertiary/aromatic N) is 1. The van der Waals surface area contributed by atoms with Gasteiger partial charge in [0, 0.05) is 12.1 Å². The molecule has 118 valence electrons. The van der Waals surface area contributed by atoms with Crippen molar-refractivity contribution in [3.63, 3.8) is 0 Å². The van der Waals surface area contributed by atoms with Crippen LogP contribution in [0.1, 0.15) is 39.7 Å². The van der Waals surface area contributed by atoms with Crippen LogP contribution in [0.2, 0.25) is 0 Å². The Morgan fingerprint density at radius 1 is 1.23 bits per heavy atom. The molecule has 22 heavy (non-hydrogen) atoms. The summed E-state index contributed by atoms with van der Waals surface area (Å²) in [7, 11) is 0.